The van der Waals surface area contributed by atoms with Crippen LogP contribution in [0.5, 0.6) is 5.75 Å². The van der Waals surface area contributed by atoms with Gasteiger partial charge in [0.15, 0.2) is 0 Å². The van der Waals surface area contributed by atoms with Gasteiger partial charge in [-0.3, -0.25) is 0 Å². The zero-order valence-electron chi connectivity index (χ0n) is 14.3. The molecule has 1 saturated heterocycles. The summed E-state index contributed by atoms with van der Waals surface area (Å²) in [6.45, 7) is 3.00. The van der Waals surface area contributed by atoms with Crippen LogP contribution in [-0.4, -0.2) is 6.61 Å². The molecule has 0 amide bonds. The molecular weight excluding hydrogens is 298 g/mol. The van der Waals surface area contributed by atoms with Crippen LogP contribution in [0.3, 0.4) is 0 Å². The summed E-state index contributed by atoms with van der Waals surface area (Å²) in [6, 6.07) is 17.1. The molecular formula is C20H27N3O. The van der Waals surface area contributed by atoms with Gasteiger partial charge in [0.1, 0.15) is 5.75 Å². The van der Waals surface area contributed by atoms with Crippen LogP contribution in [-0.2, 0) is 0 Å². The molecule has 1 aliphatic rings. The Morgan fingerprint density at radius 1 is 0.917 bits per heavy atom. The zero-order chi connectivity index (χ0) is 16.8. The van der Waals surface area contributed by atoms with Gasteiger partial charge in [0.05, 0.1) is 6.61 Å². The number of nitrogen functional groups attached to an aromatic ring is 1. The number of rotatable bonds is 7. The Kier molecular flexibility index (Phi) is 5.72. The molecule has 2 unspecified atom stereocenters. The molecule has 0 spiro atoms. The molecule has 128 valence electrons. The Labute approximate surface area is 144 Å². The fourth-order valence-electron chi connectivity index (χ4n) is 3.06. The van der Waals surface area contributed by atoms with Crippen molar-refractivity contribution in [1.29, 1.82) is 0 Å². The zero-order valence-corrected chi connectivity index (χ0v) is 14.3. The lowest BCUT2D eigenvalue weighted by molar-refractivity contribution is 0.306. The lowest BCUT2D eigenvalue weighted by Crippen LogP contribution is -2.26. The van der Waals surface area contributed by atoms with Crippen molar-refractivity contribution in [3.8, 4) is 5.75 Å². The van der Waals surface area contributed by atoms with E-state index in [9.17, 15) is 0 Å². The van der Waals surface area contributed by atoms with E-state index in [0.717, 1.165) is 30.9 Å². The number of benzene rings is 2. The summed E-state index contributed by atoms with van der Waals surface area (Å²) < 4.78 is 5.78. The van der Waals surface area contributed by atoms with Gasteiger partial charge in [0, 0.05) is 17.8 Å². The Hall–Kier alpha value is -2.04. The number of unbranched alkanes of at least 4 members (excludes halogenated alkanes) is 2. The molecule has 0 aromatic heterocycles. The SMILES string of the molecule is CCCCCOc1ccc(C2CC(c3ccc(N)cc3)NN2)cc1. The van der Waals surface area contributed by atoms with E-state index in [1.54, 1.807) is 0 Å². The summed E-state index contributed by atoms with van der Waals surface area (Å²) in [4.78, 5) is 0. The lowest BCUT2D eigenvalue weighted by Gasteiger charge is -2.12. The third-order valence-corrected chi connectivity index (χ3v) is 4.54. The number of nitrogens with two attached hydrogens (primary N) is 1. The van der Waals surface area contributed by atoms with E-state index in [2.05, 4.69) is 54.2 Å². The van der Waals surface area contributed by atoms with Crippen molar-refractivity contribution in [3.05, 3.63) is 59.7 Å². The molecule has 3 rings (SSSR count). The third kappa shape index (κ3) is 4.28. The second kappa shape index (κ2) is 8.18. The highest BCUT2D eigenvalue weighted by molar-refractivity contribution is 5.40. The number of hydrogen-bond acceptors (Lipinski definition) is 4. The van der Waals surface area contributed by atoms with Crippen LogP contribution in [0.1, 0.15) is 55.8 Å². The van der Waals surface area contributed by atoms with Gasteiger partial charge in [0.2, 0.25) is 0 Å². The summed E-state index contributed by atoms with van der Waals surface area (Å²) in [5.41, 5.74) is 15.9. The van der Waals surface area contributed by atoms with Crippen LogP contribution in [0.4, 0.5) is 5.69 Å². The summed E-state index contributed by atoms with van der Waals surface area (Å²) in [6.07, 6.45) is 4.58. The highest BCUT2D eigenvalue weighted by Crippen LogP contribution is 2.31. The Bertz CT molecular complexity index is 624. The largest absolute Gasteiger partial charge is 0.494 e. The van der Waals surface area contributed by atoms with E-state index in [1.807, 2.05) is 12.1 Å². The number of anilines is 1. The Balaban J connectivity index is 1.54. The average molecular weight is 325 g/mol. The van der Waals surface area contributed by atoms with Crippen molar-refractivity contribution in [2.24, 2.45) is 0 Å². The Morgan fingerprint density at radius 3 is 2.08 bits per heavy atom. The van der Waals surface area contributed by atoms with Crippen LogP contribution < -0.4 is 21.3 Å². The standard InChI is InChI=1S/C20H27N3O/c1-2-3-4-13-24-18-11-7-16(8-12-18)20-14-19(22-23-20)15-5-9-17(21)10-6-15/h5-12,19-20,22-23H,2-4,13-14,21H2,1H3. The van der Waals surface area contributed by atoms with Gasteiger partial charge in [0.25, 0.3) is 0 Å². The lowest BCUT2D eigenvalue weighted by atomic mass is 9.97. The highest BCUT2D eigenvalue weighted by atomic mass is 16.5. The molecule has 0 bridgehead atoms. The van der Waals surface area contributed by atoms with E-state index in [1.165, 1.54) is 24.0 Å². The van der Waals surface area contributed by atoms with Crippen molar-refractivity contribution in [1.82, 2.24) is 10.9 Å². The van der Waals surface area contributed by atoms with Gasteiger partial charge in [-0.1, -0.05) is 44.0 Å². The monoisotopic (exact) mass is 325 g/mol. The Morgan fingerprint density at radius 2 is 1.50 bits per heavy atom. The van der Waals surface area contributed by atoms with Crippen molar-refractivity contribution in [3.63, 3.8) is 0 Å². The van der Waals surface area contributed by atoms with Gasteiger partial charge >= 0.3 is 0 Å². The van der Waals surface area contributed by atoms with E-state index in [-0.39, 0.29) is 0 Å². The fourth-order valence-corrected chi connectivity index (χ4v) is 3.06. The first kappa shape index (κ1) is 16.8. The van der Waals surface area contributed by atoms with E-state index < -0.39 is 0 Å². The number of hydrogen-bond donors (Lipinski definition) is 3. The summed E-state index contributed by atoms with van der Waals surface area (Å²) in [5, 5.41) is 0. The topological polar surface area (TPSA) is 59.3 Å². The first-order valence-electron chi connectivity index (χ1n) is 8.85. The second-order valence-electron chi connectivity index (χ2n) is 6.42. The molecule has 2 aromatic carbocycles. The predicted octanol–water partition coefficient (Wildman–Crippen LogP) is 4.12. The van der Waals surface area contributed by atoms with Crippen LogP contribution >= 0.6 is 0 Å². The number of ether oxygens (including phenoxy) is 1. The second-order valence-corrected chi connectivity index (χ2v) is 6.42. The fraction of sp³-hybridized carbons (Fsp3) is 0.400. The van der Waals surface area contributed by atoms with Gasteiger partial charge in [-0.2, -0.15) is 0 Å². The van der Waals surface area contributed by atoms with E-state index in [0.29, 0.717) is 12.1 Å². The first-order valence-corrected chi connectivity index (χ1v) is 8.85. The molecule has 4 nitrogen and oxygen atoms in total. The first-order chi connectivity index (χ1) is 11.8. The number of hydrazine groups is 1. The maximum Gasteiger partial charge on any atom is 0.119 e. The average Bonchev–Trinajstić information content (AvgIpc) is 3.10. The summed E-state index contributed by atoms with van der Waals surface area (Å²) >= 11 is 0. The molecule has 4 N–H and O–H groups in total. The molecule has 0 saturated carbocycles. The van der Waals surface area contributed by atoms with Crippen molar-refractivity contribution >= 4 is 5.69 Å². The minimum Gasteiger partial charge on any atom is -0.494 e. The molecule has 0 aliphatic carbocycles. The smallest absolute Gasteiger partial charge is 0.119 e. The molecule has 2 atom stereocenters. The predicted molar refractivity (Wildman–Crippen MR) is 98.7 cm³/mol. The van der Waals surface area contributed by atoms with E-state index in [4.69, 9.17) is 10.5 Å². The maximum atomic E-state index is 5.78. The number of nitrogens with one attached hydrogen (secondary N) is 2. The maximum absolute atomic E-state index is 5.78. The van der Waals surface area contributed by atoms with Crippen LogP contribution in [0.15, 0.2) is 48.5 Å². The van der Waals surface area contributed by atoms with Crippen LogP contribution in [0, 0.1) is 0 Å². The molecule has 24 heavy (non-hydrogen) atoms. The van der Waals surface area contributed by atoms with Crippen molar-refractivity contribution in [2.45, 2.75) is 44.7 Å². The third-order valence-electron chi connectivity index (χ3n) is 4.54. The quantitative estimate of drug-likeness (QED) is 0.529. The van der Waals surface area contributed by atoms with Gasteiger partial charge in [-0.05, 0) is 48.2 Å². The molecule has 1 fully saturated rings. The van der Waals surface area contributed by atoms with Crippen LogP contribution in [0.2, 0.25) is 0 Å². The van der Waals surface area contributed by atoms with Crippen molar-refractivity contribution < 1.29 is 4.74 Å². The summed E-state index contributed by atoms with van der Waals surface area (Å²) in [5.74, 6) is 0.955. The molecule has 4 heteroatoms. The molecule has 0 radical (unpaired) electrons. The highest BCUT2D eigenvalue weighted by Gasteiger charge is 2.25. The minimum absolute atomic E-state index is 0.306. The minimum atomic E-state index is 0.306. The van der Waals surface area contributed by atoms with E-state index >= 15 is 0 Å². The van der Waals surface area contributed by atoms with Gasteiger partial charge in [-0.15, -0.1) is 0 Å². The normalized spacial score (nSPS) is 20.2. The van der Waals surface area contributed by atoms with Crippen molar-refractivity contribution in [2.75, 3.05) is 12.3 Å². The molecule has 2 aromatic rings. The molecule has 1 heterocycles. The van der Waals surface area contributed by atoms with Gasteiger partial charge < -0.3 is 10.5 Å². The molecule has 1 aliphatic heterocycles. The van der Waals surface area contributed by atoms with Gasteiger partial charge in [-0.25, -0.2) is 10.9 Å². The summed E-state index contributed by atoms with van der Waals surface area (Å²) in [7, 11) is 0. The van der Waals surface area contributed by atoms with Crippen LogP contribution in [0.25, 0.3) is 0 Å².